The summed E-state index contributed by atoms with van der Waals surface area (Å²) in [4.78, 5) is 36.3. The number of hydrogen-bond donors (Lipinski definition) is 2. The molecule has 1 aliphatic heterocycles. The highest BCUT2D eigenvalue weighted by Crippen LogP contribution is 2.30. The van der Waals surface area contributed by atoms with Crippen LogP contribution in [0, 0.1) is 5.41 Å². The van der Waals surface area contributed by atoms with Crippen LogP contribution in [-0.4, -0.2) is 42.4 Å². The Hall–Kier alpha value is -2.09. The van der Waals surface area contributed by atoms with Crippen molar-refractivity contribution < 1.29 is 27.9 Å². The molecule has 1 atom stereocenters. The van der Waals surface area contributed by atoms with Crippen LogP contribution in [0.1, 0.15) is 20.8 Å². The zero-order valence-electron chi connectivity index (χ0n) is 13.2. The maximum atomic E-state index is 12.4. The smallest absolute Gasteiger partial charge is 0.407 e. The summed E-state index contributed by atoms with van der Waals surface area (Å²) in [6, 6.07) is -0.996. The van der Waals surface area contributed by atoms with Gasteiger partial charge in [-0.05, 0) is 20.8 Å². The molecule has 0 aromatic rings. The topological polar surface area (TPSA) is 84.5 Å². The van der Waals surface area contributed by atoms with E-state index in [1.165, 1.54) is 0 Å². The third kappa shape index (κ3) is 4.44. The first kappa shape index (κ1) is 19.0. The second-order valence-electron chi connectivity index (χ2n) is 6.11. The first-order valence-corrected chi connectivity index (χ1v) is 7.00. The SMILES string of the molecule is CC(C)(C)OC(=O)NC1CNCC1(C(=O)C=CF)C(=O)C=CF. The van der Waals surface area contributed by atoms with Crippen LogP contribution in [0.25, 0.3) is 0 Å². The molecule has 8 heteroatoms. The second kappa shape index (κ2) is 7.45. The summed E-state index contributed by atoms with van der Waals surface area (Å²) in [5.41, 5.74) is -2.59. The van der Waals surface area contributed by atoms with E-state index in [9.17, 15) is 23.2 Å². The average Bonchev–Trinajstić information content (AvgIpc) is 2.81. The molecule has 6 nitrogen and oxygen atoms in total. The molecule has 0 aromatic heterocycles. The fraction of sp³-hybridized carbons (Fsp3) is 0.533. The molecule has 0 radical (unpaired) electrons. The standard InChI is InChI=1S/C15H20F2N2O4/c1-14(2,3)23-13(22)19-10-8-18-9-15(10,11(20)4-6-16)12(21)5-7-17/h4-7,10,18H,8-9H2,1-3H3,(H,19,22). The molecule has 1 saturated heterocycles. The van der Waals surface area contributed by atoms with Gasteiger partial charge in [0.05, 0.1) is 18.7 Å². The number of nitrogens with one attached hydrogen (secondary N) is 2. The molecule has 1 unspecified atom stereocenters. The van der Waals surface area contributed by atoms with E-state index in [0.29, 0.717) is 12.2 Å². The Morgan fingerprint density at radius 1 is 1.17 bits per heavy atom. The molecule has 1 fully saturated rings. The highest BCUT2D eigenvalue weighted by molar-refractivity contribution is 6.16. The van der Waals surface area contributed by atoms with Crippen molar-refractivity contribution in [2.75, 3.05) is 13.1 Å². The van der Waals surface area contributed by atoms with Gasteiger partial charge in [0.1, 0.15) is 11.0 Å². The number of ketones is 2. The number of carbonyl (C=O) groups excluding carboxylic acids is 3. The number of hydrogen-bond acceptors (Lipinski definition) is 5. The molecule has 2 N–H and O–H groups in total. The molecular weight excluding hydrogens is 310 g/mol. The lowest BCUT2D eigenvalue weighted by atomic mass is 9.74. The normalized spacial score (nSPS) is 25.0. The molecule has 1 aliphatic rings. The highest BCUT2D eigenvalue weighted by atomic mass is 19.1. The summed E-state index contributed by atoms with van der Waals surface area (Å²) in [5.74, 6) is -1.73. The Morgan fingerprint density at radius 2 is 1.70 bits per heavy atom. The van der Waals surface area contributed by atoms with Gasteiger partial charge in [0.25, 0.3) is 0 Å². The molecule has 1 rings (SSSR count). The number of amides is 1. The molecule has 1 heterocycles. The van der Waals surface area contributed by atoms with Crippen molar-refractivity contribution in [3.63, 3.8) is 0 Å². The fourth-order valence-corrected chi connectivity index (χ4v) is 2.39. The minimum atomic E-state index is -1.82. The van der Waals surface area contributed by atoms with Crippen LogP contribution in [0.4, 0.5) is 13.6 Å². The van der Waals surface area contributed by atoms with E-state index in [2.05, 4.69) is 10.6 Å². The van der Waals surface area contributed by atoms with Gasteiger partial charge in [-0.25, -0.2) is 13.6 Å². The van der Waals surface area contributed by atoms with Gasteiger partial charge in [0.2, 0.25) is 0 Å². The van der Waals surface area contributed by atoms with Crippen LogP contribution >= 0.6 is 0 Å². The lowest BCUT2D eigenvalue weighted by molar-refractivity contribution is -0.135. The first-order chi connectivity index (χ1) is 10.7. The van der Waals surface area contributed by atoms with Crippen LogP contribution in [0.3, 0.4) is 0 Å². The zero-order valence-corrected chi connectivity index (χ0v) is 13.2. The van der Waals surface area contributed by atoms with Crippen LogP contribution in [0.5, 0.6) is 0 Å². The number of rotatable bonds is 5. The molecule has 0 bridgehead atoms. The van der Waals surface area contributed by atoms with E-state index in [0.717, 1.165) is 0 Å². The van der Waals surface area contributed by atoms with Crippen LogP contribution in [0.15, 0.2) is 24.8 Å². The van der Waals surface area contributed by atoms with Gasteiger partial charge in [0.15, 0.2) is 11.6 Å². The van der Waals surface area contributed by atoms with Gasteiger partial charge in [-0.2, -0.15) is 0 Å². The summed E-state index contributed by atoms with van der Waals surface area (Å²) in [6.07, 6.45) is 0.338. The Morgan fingerprint density at radius 3 is 2.13 bits per heavy atom. The van der Waals surface area contributed by atoms with Gasteiger partial charge >= 0.3 is 6.09 Å². The van der Waals surface area contributed by atoms with Crippen molar-refractivity contribution in [2.45, 2.75) is 32.4 Å². The molecule has 0 aromatic carbocycles. The highest BCUT2D eigenvalue weighted by Gasteiger charge is 2.53. The molecule has 23 heavy (non-hydrogen) atoms. The average molecular weight is 330 g/mol. The van der Waals surface area contributed by atoms with E-state index in [-0.39, 0.29) is 25.7 Å². The van der Waals surface area contributed by atoms with Gasteiger partial charge in [0, 0.05) is 25.2 Å². The minimum absolute atomic E-state index is 0.000616. The van der Waals surface area contributed by atoms with Crippen molar-refractivity contribution in [1.82, 2.24) is 10.6 Å². The molecule has 1 amide bonds. The Labute approximate surface area is 132 Å². The number of halogens is 2. The van der Waals surface area contributed by atoms with E-state index in [1.54, 1.807) is 20.8 Å². The largest absolute Gasteiger partial charge is 0.444 e. The summed E-state index contributed by atoms with van der Waals surface area (Å²) in [5, 5.41) is 5.21. The predicted molar refractivity (Wildman–Crippen MR) is 79.0 cm³/mol. The first-order valence-electron chi connectivity index (χ1n) is 7.00. The quantitative estimate of drug-likeness (QED) is 0.590. The summed E-state index contributed by atoms with van der Waals surface area (Å²) < 4.78 is 29.9. The van der Waals surface area contributed by atoms with Crippen molar-refractivity contribution in [3.05, 3.63) is 24.8 Å². The van der Waals surface area contributed by atoms with E-state index < -0.39 is 34.7 Å². The van der Waals surface area contributed by atoms with Crippen LogP contribution in [-0.2, 0) is 14.3 Å². The van der Waals surface area contributed by atoms with Crippen molar-refractivity contribution in [1.29, 1.82) is 0 Å². The van der Waals surface area contributed by atoms with E-state index in [4.69, 9.17) is 4.74 Å². The molecule has 0 saturated carbocycles. The minimum Gasteiger partial charge on any atom is -0.444 e. The third-order valence-electron chi connectivity index (χ3n) is 3.35. The second-order valence-corrected chi connectivity index (χ2v) is 6.11. The predicted octanol–water partition coefficient (Wildman–Crippen LogP) is 1.57. The lowest BCUT2D eigenvalue weighted by Gasteiger charge is -2.31. The van der Waals surface area contributed by atoms with Crippen LogP contribution < -0.4 is 10.6 Å². The number of alkyl carbamates (subject to hydrolysis) is 1. The monoisotopic (exact) mass is 330 g/mol. The van der Waals surface area contributed by atoms with Gasteiger partial charge in [-0.15, -0.1) is 0 Å². The van der Waals surface area contributed by atoms with Crippen LogP contribution in [0.2, 0.25) is 0 Å². The van der Waals surface area contributed by atoms with Gasteiger partial charge in [-0.3, -0.25) is 9.59 Å². The van der Waals surface area contributed by atoms with E-state index in [1.807, 2.05) is 0 Å². The van der Waals surface area contributed by atoms with Crippen molar-refractivity contribution in [2.24, 2.45) is 5.41 Å². The zero-order chi connectivity index (χ0) is 17.7. The maximum absolute atomic E-state index is 12.4. The molecule has 0 aliphatic carbocycles. The van der Waals surface area contributed by atoms with Crippen molar-refractivity contribution in [3.8, 4) is 0 Å². The Bertz CT molecular complexity index is 514. The lowest BCUT2D eigenvalue weighted by Crippen LogP contribution is -2.55. The van der Waals surface area contributed by atoms with E-state index >= 15 is 0 Å². The fourth-order valence-electron chi connectivity index (χ4n) is 2.39. The summed E-state index contributed by atoms with van der Waals surface area (Å²) in [7, 11) is 0. The summed E-state index contributed by atoms with van der Waals surface area (Å²) in [6.45, 7) is 4.89. The van der Waals surface area contributed by atoms with Gasteiger partial charge in [-0.1, -0.05) is 0 Å². The third-order valence-corrected chi connectivity index (χ3v) is 3.35. The molecular formula is C15H20F2N2O4. The molecule has 0 spiro atoms. The number of ether oxygens (including phenoxy) is 1. The molecule has 128 valence electrons. The number of carbonyl (C=O) groups is 3. The maximum Gasteiger partial charge on any atom is 0.407 e. The summed E-state index contributed by atoms with van der Waals surface area (Å²) >= 11 is 0. The number of allylic oxidation sites excluding steroid dienone is 2. The Kier molecular flexibility index (Phi) is 6.14. The van der Waals surface area contributed by atoms with Crippen molar-refractivity contribution >= 4 is 17.7 Å². The Balaban J connectivity index is 3.10. The van der Waals surface area contributed by atoms with Gasteiger partial charge < -0.3 is 15.4 Å².